The third kappa shape index (κ3) is 3.15. The molecule has 1 aliphatic rings. The standard InChI is InChI=1S/C17H22BF3N2O2/c1-5-15(6-2)16(7-3,8-4)25-18(24-15)13-9-12(17(19,20)21)11-23-14(13)10-22/h9,11H,5-8H2,1-4H3. The SMILES string of the molecule is CCC1(CC)OB(c2cc(C(F)(F)F)cnc2C#N)OC1(CC)CC. The summed E-state index contributed by atoms with van der Waals surface area (Å²) < 4.78 is 51.5. The van der Waals surface area contributed by atoms with Crippen LogP contribution < -0.4 is 5.46 Å². The first-order chi connectivity index (χ1) is 11.7. The molecule has 0 saturated carbocycles. The number of hydrogen-bond acceptors (Lipinski definition) is 4. The molecule has 0 amide bonds. The van der Waals surface area contributed by atoms with Crippen molar-refractivity contribution >= 4 is 12.6 Å². The van der Waals surface area contributed by atoms with Crippen molar-refractivity contribution in [3.63, 3.8) is 0 Å². The third-order valence-corrected chi connectivity index (χ3v) is 5.38. The van der Waals surface area contributed by atoms with Crippen LogP contribution in [0, 0.1) is 11.3 Å². The van der Waals surface area contributed by atoms with Gasteiger partial charge in [-0.25, -0.2) is 4.98 Å². The molecule has 0 radical (unpaired) electrons. The summed E-state index contributed by atoms with van der Waals surface area (Å²) in [5, 5.41) is 9.26. The fourth-order valence-corrected chi connectivity index (χ4v) is 3.81. The third-order valence-electron chi connectivity index (χ3n) is 5.38. The van der Waals surface area contributed by atoms with Gasteiger partial charge in [0.05, 0.1) is 16.8 Å². The van der Waals surface area contributed by atoms with E-state index in [4.69, 9.17) is 9.31 Å². The second-order valence-corrected chi connectivity index (χ2v) is 6.24. The first kappa shape index (κ1) is 19.7. The van der Waals surface area contributed by atoms with E-state index in [1.165, 1.54) is 0 Å². The van der Waals surface area contributed by atoms with Gasteiger partial charge in [0, 0.05) is 11.7 Å². The van der Waals surface area contributed by atoms with Gasteiger partial charge in [-0.2, -0.15) is 18.4 Å². The van der Waals surface area contributed by atoms with Crippen LogP contribution in [-0.2, 0) is 15.5 Å². The quantitative estimate of drug-likeness (QED) is 0.754. The Morgan fingerprint density at radius 3 is 1.92 bits per heavy atom. The van der Waals surface area contributed by atoms with Crippen LogP contribution in [0.25, 0.3) is 0 Å². The molecule has 1 aliphatic heterocycles. The topological polar surface area (TPSA) is 55.1 Å². The van der Waals surface area contributed by atoms with Crippen molar-refractivity contribution in [2.45, 2.75) is 70.8 Å². The van der Waals surface area contributed by atoms with Gasteiger partial charge in [0.1, 0.15) is 11.8 Å². The molecule has 8 heteroatoms. The van der Waals surface area contributed by atoms with Crippen LogP contribution in [0.4, 0.5) is 13.2 Å². The molecule has 1 aromatic heterocycles. The van der Waals surface area contributed by atoms with Crippen LogP contribution in [0.5, 0.6) is 0 Å². The molecule has 25 heavy (non-hydrogen) atoms. The van der Waals surface area contributed by atoms with Crippen LogP contribution in [-0.4, -0.2) is 23.3 Å². The largest absolute Gasteiger partial charge is 0.497 e. The van der Waals surface area contributed by atoms with Gasteiger partial charge in [-0.3, -0.25) is 0 Å². The summed E-state index contributed by atoms with van der Waals surface area (Å²) >= 11 is 0. The van der Waals surface area contributed by atoms with Crippen molar-refractivity contribution in [2.24, 2.45) is 0 Å². The van der Waals surface area contributed by atoms with Crippen LogP contribution in [0.15, 0.2) is 12.3 Å². The van der Waals surface area contributed by atoms with E-state index in [9.17, 15) is 18.4 Å². The van der Waals surface area contributed by atoms with Crippen molar-refractivity contribution in [1.29, 1.82) is 5.26 Å². The van der Waals surface area contributed by atoms with Gasteiger partial charge in [0.2, 0.25) is 0 Å². The normalized spacial score (nSPS) is 19.0. The van der Waals surface area contributed by atoms with E-state index in [0.29, 0.717) is 31.9 Å². The molecule has 0 atom stereocenters. The first-order valence-corrected chi connectivity index (χ1v) is 8.55. The smallest absolute Gasteiger partial charge is 0.399 e. The van der Waals surface area contributed by atoms with Gasteiger partial charge in [0.25, 0.3) is 0 Å². The molecular formula is C17H22BF3N2O2. The minimum absolute atomic E-state index is 0.0346. The van der Waals surface area contributed by atoms with Crippen LogP contribution in [0.3, 0.4) is 0 Å². The highest BCUT2D eigenvalue weighted by atomic mass is 19.4. The molecule has 1 fully saturated rings. The highest BCUT2D eigenvalue weighted by Gasteiger charge is 2.59. The van der Waals surface area contributed by atoms with Crippen molar-refractivity contribution in [1.82, 2.24) is 4.98 Å². The molecule has 4 nitrogen and oxygen atoms in total. The molecule has 0 N–H and O–H groups in total. The van der Waals surface area contributed by atoms with E-state index in [-0.39, 0.29) is 11.2 Å². The Balaban J connectivity index is 2.55. The van der Waals surface area contributed by atoms with Crippen LogP contribution >= 0.6 is 0 Å². The van der Waals surface area contributed by atoms with Crippen LogP contribution in [0.1, 0.15) is 64.6 Å². The Morgan fingerprint density at radius 1 is 1.08 bits per heavy atom. The van der Waals surface area contributed by atoms with Crippen LogP contribution in [0.2, 0.25) is 0 Å². The lowest BCUT2D eigenvalue weighted by molar-refractivity contribution is -0.137. The Hall–Kier alpha value is -1.59. The number of nitrogens with zero attached hydrogens (tertiary/aromatic N) is 2. The summed E-state index contributed by atoms with van der Waals surface area (Å²) in [5.74, 6) is 0. The van der Waals surface area contributed by atoms with E-state index in [1.54, 1.807) is 0 Å². The Labute approximate surface area is 146 Å². The van der Waals surface area contributed by atoms with E-state index < -0.39 is 30.1 Å². The molecule has 0 aliphatic carbocycles. The van der Waals surface area contributed by atoms with Gasteiger partial charge < -0.3 is 9.31 Å². The number of nitriles is 1. The maximum Gasteiger partial charge on any atom is 0.497 e. The van der Waals surface area contributed by atoms with Crippen molar-refractivity contribution in [3.05, 3.63) is 23.5 Å². The van der Waals surface area contributed by atoms with E-state index in [0.717, 1.165) is 6.07 Å². The predicted molar refractivity (Wildman–Crippen MR) is 88.1 cm³/mol. The highest BCUT2D eigenvalue weighted by Crippen LogP contribution is 2.47. The summed E-state index contributed by atoms with van der Waals surface area (Å²) in [6.45, 7) is 7.91. The highest BCUT2D eigenvalue weighted by molar-refractivity contribution is 6.62. The lowest BCUT2D eigenvalue weighted by atomic mass is 9.75. The van der Waals surface area contributed by atoms with Gasteiger partial charge in [-0.05, 0) is 31.7 Å². The van der Waals surface area contributed by atoms with E-state index in [2.05, 4.69) is 4.98 Å². The second kappa shape index (κ2) is 6.97. The van der Waals surface area contributed by atoms with Crippen molar-refractivity contribution in [3.8, 4) is 6.07 Å². The number of halogens is 3. The Bertz CT molecular complexity index is 645. The molecule has 1 saturated heterocycles. The molecule has 1 aromatic rings. The minimum Gasteiger partial charge on any atom is -0.399 e. The lowest BCUT2D eigenvalue weighted by Gasteiger charge is -2.42. The molecule has 0 aromatic carbocycles. The zero-order chi connectivity index (χ0) is 18.9. The van der Waals surface area contributed by atoms with Crippen molar-refractivity contribution in [2.75, 3.05) is 0 Å². The molecule has 2 rings (SSSR count). The maximum absolute atomic E-state index is 13.1. The second-order valence-electron chi connectivity index (χ2n) is 6.24. The van der Waals surface area contributed by atoms with Gasteiger partial charge in [-0.1, -0.05) is 27.7 Å². The molecule has 0 unspecified atom stereocenters. The fourth-order valence-electron chi connectivity index (χ4n) is 3.81. The molecule has 2 heterocycles. The Morgan fingerprint density at radius 2 is 1.56 bits per heavy atom. The van der Waals surface area contributed by atoms with Crippen molar-refractivity contribution < 1.29 is 22.5 Å². The number of pyridine rings is 1. The first-order valence-electron chi connectivity index (χ1n) is 8.55. The lowest BCUT2D eigenvalue weighted by Crippen LogP contribution is -2.50. The summed E-state index contributed by atoms with van der Waals surface area (Å²) in [6.07, 6.45) is -1.23. The zero-order valence-corrected chi connectivity index (χ0v) is 14.9. The number of hydrogen-bond donors (Lipinski definition) is 0. The molecule has 0 bridgehead atoms. The van der Waals surface area contributed by atoms with Gasteiger partial charge in [0.15, 0.2) is 0 Å². The zero-order valence-electron chi connectivity index (χ0n) is 14.9. The number of alkyl halides is 3. The summed E-state index contributed by atoms with van der Waals surface area (Å²) in [6, 6.07) is 2.75. The Kier molecular flexibility index (Phi) is 5.50. The van der Waals surface area contributed by atoms with E-state index in [1.807, 2.05) is 33.8 Å². The monoisotopic (exact) mass is 354 g/mol. The average molecular weight is 354 g/mol. The molecule has 0 spiro atoms. The van der Waals surface area contributed by atoms with Gasteiger partial charge >= 0.3 is 13.3 Å². The van der Waals surface area contributed by atoms with E-state index >= 15 is 0 Å². The summed E-state index contributed by atoms with van der Waals surface area (Å²) in [7, 11) is -1.04. The van der Waals surface area contributed by atoms with Gasteiger partial charge in [-0.15, -0.1) is 0 Å². The predicted octanol–water partition coefficient (Wildman–Crippen LogP) is 3.83. The fraction of sp³-hybridized carbons (Fsp3) is 0.647. The number of rotatable bonds is 5. The summed E-state index contributed by atoms with van der Waals surface area (Å²) in [5.41, 5.74) is -2.21. The molecular weight excluding hydrogens is 332 g/mol. The minimum atomic E-state index is -4.55. The summed E-state index contributed by atoms with van der Waals surface area (Å²) in [4.78, 5) is 3.67. The number of aromatic nitrogens is 1. The maximum atomic E-state index is 13.1. The average Bonchev–Trinajstić information content (AvgIpc) is 2.95. The molecule has 136 valence electrons.